The van der Waals surface area contributed by atoms with Gasteiger partial charge >= 0.3 is 0 Å². The van der Waals surface area contributed by atoms with Gasteiger partial charge in [0.1, 0.15) is 0 Å². The van der Waals surface area contributed by atoms with Gasteiger partial charge in [-0.15, -0.1) is 0 Å². The summed E-state index contributed by atoms with van der Waals surface area (Å²) in [4.78, 5) is 18.9. The van der Waals surface area contributed by atoms with Crippen molar-refractivity contribution in [2.24, 2.45) is 0 Å². The van der Waals surface area contributed by atoms with Gasteiger partial charge in [0.15, 0.2) is 5.16 Å². The van der Waals surface area contributed by atoms with Crippen LogP contribution in [0.5, 0.6) is 0 Å². The maximum Gasteiger partial charge on any atom is 0.252 e. The zero-order valence-electron chi connectivity index (χ0n) is 10.5. The van der Waals surface area contributed by atoms with E-state index in [0.717, 1.165) is 17.7 Å². The van der Waals surface area contributed by atoms with Crippen molar-refractivity contribution < 1.29 is 0 Å². The van der Waals surface area contributed by atoms with Crippen LogP contribution in [0.25, 0.3) is 11.3 Å². The summed E-state index contributed by atoms with van der Waals surface area (Å²) in [6.07, 6.45) is 1.05. The number of hydrogen-bond donors (Lipinski definition) is 1. The minimum atomic E-state index is -0.102. The molecule has 0 spiro atoms. The van der Waals surface area contributed by atoms with Crippen molar-refractivity contribution in [2.45, 2.75) is 30.7 Å². The number of rotatable bonds is 4. The summed E-state index contributed by atoms with van der Waals surface area (Å²) >= 11 is 1.60. The smallest absolute Gasteiger partial charge is 0.252 e. The van der Waals surface area contributed by atoms with Crippen molar-refractivity contribution in [2.75, 3.05) is 0 Å². The van der Waals surface area contributed by atoms with E-state index in [1.807, 2.05) is 30.3 Å². The third kappa shape index (κ3) is 3.23. The number of aromatic nitrogens is 2. The number of nitrogens with zero attached hydrogens (tertiary/aromatic N) is 1. The Morgan fingerprint density at radius 2 is 2.06 bits per heavy atom. The van der Waals surface area contributed by atoms with Gasteiger partial charge in [0.2, 0.25) is 0 Å². The molecule has 1 N–H and O–H groups in total. The first-order chi connectivity index (χ1) is 8.69. The molecule has 0 saturated carbocycles. The molecule has 0 bridgehead atoms. The number of hydrogen-bond acceptors (Lipinski definition) is 3. The van der Waals surface area contributed by atoms with Gasteiger partial charge in [-0.3, -0.25) is 4.79 Å². The maximum atomic E-state index is 11.6. The van der Waals surface area contributed by atoms with E-state index >= 15 is 0 Å². The molecule has 3 nitrogen and oxygen atoms in total. The lowest BCUT2D eigenvalue weighted by molar-refractivity contribution is 0.879. The Morgan fingerprint density at radius 3 is 2.72 bits per heavy atom. The van der Waals surface area contributed by atoms with Crippen molar-refractivity contribution in [3.05, 3.63) is 46.8 Å². The van der Waals surface area contributed by atoms with E-state index in [1.165, 1.54) is 6.07 Å². The molecule has 1 atom stereocenters. The Hall–Kier alpha value is -1.55. The Labute approximate surface area is 111 Å². The SMILES string of the molecule is CCC(C)Sc1nc(-c2ccccc2)cc(=O)[nH]1. The van der Waals surface area contributed by atoms with E-state index < -0.39 is 0 Å². The average molecular weight is 260 g/mol. The molecule has 1 aromatic heterocycles. The Kier molecular flexibility index (Phi) is 4.20. The van der Waals surface area contributed by atoms with E-state index in [4.69, 9.17) is 0 Å². The zero-order valence-corrected chi connectivity index (χ0v) is 11.3. The summed E-state index contributed by atoms with van der Waals surface area (Å²) in [5, 5.41) is 1.13. The minimum Gasteiger partial charge on any atom is -0.301 e. The molecule has 18 heavy (non-hydrogen) atoms. The van der Waals surface area contributed by atoms with Gasteiger partial charge in [0.25, 0.3) is 5.56 Å². The summed E-state index contributed by atoms with van der Waals surface area (Å²) in [5.74, 6) is 0. The normalized spacial score (nSPS) is 12.3. The highest BCUT2D eigenvalue weighted by molar-refractivity contribution is 7.99. The third-order valence-electron chi connectivity index (χ3n) is 2.68. The molecule has 1 heterocycles. The summed E-state index contributed by atoms with van der Waals surface area (Å²) in [7, 11) is 0. The van der Waals surface area contributed by atoms with Gasteiger partial charge < -0.3 is 4.98 Å². The highest BCUT2D eigenvalue weighted by Crippen LogP contribution is 2.23. The quantitative estimate of drug-likeness (QED) is 0.677. The van der Waals surface area contributed by atoms with Crippen LogP contribution in [0.15, 0.2) is 46.3 Å². The third-order valence-corrected chi connectivity index (χ3v) is 3.83. The fraction of sp³-hybridized carbons (Fsp3) is 0.286. The van der Waals surface area contributed by atoms with Crippen LogP contribution < -0.4 is 5.56 Å². The molecule has 1 unspecified atom stereocenters. The highest BCUT2D eigenvalue weighted by Gasteiger charge is 2.07. The van der Waals surface area contributed by atoms with Gasteiger partial charge in [-0.1, -0.05) is 55.9 Å². The number of H-pyrrole nitrogens is 1. The van der Waals surface area contributed by atoms with E-state index in [2.05, 4.69) is 23.8 Å². The Morgan fingerprint density at radius 1 is 1.33 bits per heavy atom. The molecule has 1 aromatic carbocycles. The average Bonchev–Trinajstić information content (AvgIpc) is 2.39. The van der Waals surface area contributed by atoms with Gasteiger partial charge in [-0.05, 0) is 6.42 Å². The first-order valence-corrected chi connectivity index (χ1v) is 6.90. The summed E-state index contributed by atoms with van der Waals surface area (Å²) in [5.41, 5.74) is 1.59. The molecule has 0 saturated heterocycles. The number of aromatic amines is 1. The van der Waals surface area contributed by atoms with Crippen LogP contribution >= 0.6 is 11.8 Å². The number of thioether (sulfide) groups is 1. The van der Waals surface area contributed by atoms with E-state index in [1.54, 1.807) is 11.8 Å². The first kappa shape index (κ1) is 12.9. The number of nitrogens with one attached hydrogen (secondary N) is 1. The summed E-state index contributed by atoms with van der Waals surface area (Å²) in [6, 6.07) is 11.3. The predicted molar refractivity (Wildman–Crippen MR) is 75.9 cm³/mol. The van der Waals surface area contributed by atoms with E-state index in [-0.39, 0.29) is 5.56 Å². The van der Waals surface area contributed by atoms with Crippen molar-refractivity contribution >= 4 is 11.8 Å². The second kappa shape index (κ2) is 5.87. The molecular weight excluding hydrogens is 244 g/mol. The molecule has 0 radical (unpaired) electrons. The summed E-state index contributed by atoms with van der Waals surface area (Å²) < 4.78 is 0. The fourth-order valence-electron chi connectivity index (χ4n) is 1.52. The molecule has 2 aromatic rings. The lowest BCUT2D eigenvalue weighted by atomic mass is 10.1. The van der Waals surface area contributed by atoms with Crippen molar-refractivity contribution in [3.63, 3.8) is 0 Å². The zero-order chi connectivity index (χ0) is 13.0. The van der Waals surface area contributed by atoms with E-state index in [9.17, 15) is 4.79 Å². The van der Waals surface area contributed by atoms with Gasteiger partial charge in [-0.25, -0.2) is 4.98 Å². The standard InChI is InChI=1S/C14H16N2OS/c1-3-10(2)18-14-15-12(9-13(17)16-14)11-7-5-4-6-8-11/h4-10H,3H2,1-2H3,(H,15,16,17). The van der Waals surface area contributed by atoms with E-state index in [0.29, 0.717) is 10.4 Å². The molecule has 2 rings (SSSR count). The van der Waals surface area contributed by atoms with Gasteiger partial charge in [0, 0.05) is 16.9 Å². The van der Waals surface area contributed by atoms with Crippen LogP contribution in [-0.4, -0.2) is 15.2 Å². The second-order valence-corrected chi connectivity index (χ2v) is 5.57. The maximum absolute atomic E-state index is 11.6. The van der Waals surface area contributed by atoms with Crippen LogP contribution in [0.4, 0.5) is 0 Å². The Bertz CT molecular complexity index is 566. The molecule has 4 heteroatoms. The number of benzene rings is 1. The molecule has 0 aliphatic carbocycles. The molecular formula is C14H16N2OS. The Balaban J connectivity index is 2.36. The summed E-state index contributed by atoms with van der Waals surface area (Å²) in [6.45, 7) is 4.25. The van der Waals surface area contributed by atoms with Crippen molar-refractivity contribution in [1.82, 2.24) is 9.97 Å². The lowest BCUT2D eigenvalue weighted by Gasteiger charge is -2.08. The van der Waals surface area contributed by atoms with Crippen molar-refractivity contribution in [1.29, 1.82) is 0 Å². The van der Waals surface area contributed by atoms with Crippen LogP contribution in [0.2, 0.25) is 0 Å². The van der Waals surface area contributed by atoms with Crippen LogP contribution in [0.1, 0.15) is 20.3 Å². The lowest BCUT2D eigenvalue weighted by Crippen LogP contribution is -2.09. The second-order valence-electron chi connectivity index (χ2n) is 4.14. The van der Waals surface area contributed by atoms with Gasteiger partial charge in [-0.2, -0.15) is 0 Å². The molecule has 0 amide bonds. The topological polar surface area (TPSA) is 45.8 Å². The van der Waals surface area contributed by atoms with Crippen LogP contribution in [0.3, 0.4) is 0 Å². The fourth-order valence-corrected chi connectivity index (χ4v) is 2.38. The first-order valence-electron chi connectivity index (χ1n) is 6.02. The van der Waals surface area contributed by atoms with Crippen molar-refractivity contribution in [3.8, 4) is 11.3 Å². The minimum absolute atomic E-state index is 0.102. The van der Waals surface area contributed by atoms with Gasteiger partial charge in [0.05, 0.1) is 5.69 Å². The molecule has 0 fully saturated rings. The molecule has 94 valence electrons. The molecule has 0 aliphatic heterocycles. The predicted octanol–water partition coefficient (Wildman–Crippen LogP) is 3.33. The monoisotopic (exact) mass is 260 g/mol. The van der Waals surface area contributed by atoms with Crippen LogP contribution in [0, 0.1) is 0 Å². The highest BCUT2D eigenvalue weighted by atomic mass is 32.2. The van der Waals surface area contributed by atoms with Crippen LogP contribution in [-0.2, 0) is 0 Å². The largest absolute Gasteiger partial charge is 0.301 e. The molecule has 0 aliphatic rings.